The fourth-order valence-electron chi connectivity index (χ4n) is 2.32. The molecular formula is C12H15FN2O3. The van der Waals surface area contributed by atoms with Gasteiger partial charge in [0.15, 0.2) is 0 Å². The van der Waals surface area contributed by atoms with E-state index < -0.39 is 10.7 Å². The largest absolute Gasteiger partial charge is 0.490 e. The van der Waals surface area contributed by atoms with Crippen molar-refractivity contribution in [3.05, 3.63) is 34.1 Å². The highest BCUT2D eigenvalue weighted by molar-refractivity contribution is 5.39. The molecule has 0 spiro atoms. The number of halogens is 1. The van der Waals surface area contributed by atoms with Crippen molar-refractivity contribution in [2.75, 3.05) is 6.54 Å². The van der Waals surface area contributed by atoms with E-state index in [1.807, 2.05) is 0 Å². The molecule has 98 valence electrons. The molecule has 1 saturated carbocycles. The number of non-ortho nitro benzene ring substituents is 1. The summed E-state index contributed by atoms with van der Waals surface area (Å²) in [5.41, 5.74) is 5.32. The third kappa shape index (κ3) is 2.76. The van der Waals surface area contributed by atoms with Gasteiger partial charge in [-0.05, 0) is 25.8 Å². The summed E-state index contributed by atoms with van der Waals surface area (Å²) in [6, 6.07) is 3.29. The SMILES string of the molecule is NCC1CCCC1Oc1cc(F)cc([N+](=O)[O-])c1. The monoisotopic (exact) mass is 254 g/mol. The van der Waals surface area contributed by atoms with Crippen molar-refractivity contribution >= 4 is 5.69 Å². The third-order valence-corrected chi connectivity index (χ3v) is 3.25. The topological polar surface area (TPSA) is 78.4 Å². The lowest BCUT2D eigenvalue weighted by Crippen LogP contribution is -2.27. The lowest BCUT2D eigenvalue weighted by atomic mass is 10.1. The van der Waals surface area contributed by atoms with Gasteiger partial charge in [-0.1, -0.05) is 0 Å². The molecule has 1 aromatic carbocycles. The van der Waals surface area contributed by atoms with Crippen LogP contribution in [0, 0.1) is 21.8 Å². The van der Waals surface area contributed by atoms with Crippen LogP contribution in [0.15, 0.2) is 18.2 Å². The van der Waals surface area contributed by atoms with Gasteiger partial charge in [-0.15, -0.1) is 0 Å². The summed E-state index contributed by atoms with van der Waals surface area (Å²) in [6.45, 7) is 0.516. The van der Waals surface area contributed by atoms with Crippen molar-refractivity contribution in [3.8, 4) is 5.75 Å². The molecule has 2 atom stereocenters. The first-order chi connectivity index (χ1) is 8.60. The molecule has 0 saturated heterocycles. The molecule has 5 nitrogen and oxygen atoms in total. The van der Waals surface area contributed by atoms with Crippen LogP contribution in [0.25, 0.3) is 0 Å². The molecule has 0 amide bonds. The molecule has 0 heterocycles. The minimum Gasteiger partial charge on any atom is -0.490 e. The highest BCUT2D eigenvalue weighted by Gasteiger charge is 2.28. The lowest BCUT2D eigenvalue weighted by molar-refractivity contribution is -0.385. The minimum atomic E-state index is -0.665. The van der Waals surface area contributed by atoms with E-state index in [0.717, 1.165) is 25.3 Å². The maximum atomic E-state index is 13.2. The van der Waals surface area contributed by atoms with E-state index in [1.54, 1.807) is 0 Å². The number of hydrogen-bond acceptors (Lipinski definition) is 4. The Balaban J connectivity index is 2.16. The van der Waals surface area contributed by atoms with E-state index in [0.29, 0.717) is 6.54 Å². The van der Waals surface area contributed by atoms with Gasteiger partial charge in [0.2, 0.25) is 0 Å². The Morgan fingerprint density at radius 2 is 2.22 bits per heavy atom. The molecule has 0 radical (unpaired) electrons. The number of nitro groups is 1. The van der Waals surface area contributed by atoms with E-state index in [4.69, 9.17) is 10.5 Å². The Morgan fingerprint density at radius 1 is 1.44 bits per heavy atom. The molecule has 2 N–H and O–H groups in total. The third-order valence-electron chi connectivity index (χ3n) is 3.25. The van der Waals surface area contributed by atoms with Crippen molar-refractivity contribution in [3.63, 3.8) is 0 Å². The summed E-state index contributed by atoms with van der Waals surface area (Å²) in [5.74, 6) is -0.221. The van der Waals surface area contributed by atoms with Crippen LogP contribution >= 0.6 is 0 Å². The quantitative estimate of drug-likeness (QED) is 0.660. The van der Waals surface area contributed by atoms with E-state index >= 15 is 0 Å². The van der Waals surface area contributed by atoms with E-state index in [2.05, 4.69) is 0 Å². The highest BCUT2D eigenvalue weighted by Crippen LogP contribution is 2.30. The predicted octanol–water partition coefficient (Wildman–Crippen LogP) is 2.24. The first kappa shape index (κ1) is 12.8. The Hall–Kier alpha value is -1.69. The second-order valence-electron chi connectivity index (χ2n) is 4.49. The minimum absolute atomic E-state index is 0.0728. The molecule has 1 aliphatic carbocycles. The molecule has 1 fully saturated rings. The predicted molar refractivity (Wildman–Crippen MR) is 63.9 cm³/mol. The average Bonchev–Trinajstić information content (AvgIpc) is 2.75. The van der Waals surface area contributed by atoms with E-state index in [9.17, 15) is 14.5 Å². The molecular weight excluding hydrogens is 239 g/mol. The molecule has 0 aliphatic heterocycles. The summed E-state index contributed by atoms with van der Waals surface area (Å²) >= 11 is 0. The molecule has 1 aliphatic rings. The zero-order valence-corrected chi connectivity index (χ0v) is 9.84. The summed E-state index contributed by atoms with van der Waals surface area (Å²) < 4.78 is 18.9. The Morgan fingerprint density at radius 3 is 2.89 bits per heavy atom. The zero-order chi connectivity index (χ0) is 13.1. The summed E-state index contributed by atoms with van der Waals surface area (Å²) in [6.07, 6.45) is 2.78. The molecule has 6 heteroatoms. The second kappa shape index (κ2) is 5.30. The lowest BCUT2D eigenvalue weighted by Gasteiger charge is -2.19. The van der Waals surface area contributed by atoms with Gasteiger partial charge in [0.1, 0.15) is 17.7 Å². The van der Waals surface area contributed by atoms with Gasteiger partial charge < -0.3 is 10.5 Å². The number of nitrogens with two attached hydrogens (primary N) is 1. The van der Waals surface area contributed by atoms with E-state index in [1.165, 1.54) is 12.1 Å². The van der Waals surface area contributed by atoms with Crippen LogP contribution in [0.1, 0.15) is 19.3 Å². The van der Waals surface area contributed by atoms with Crippen LogP contribution in [-0.2, 0) is 0 Å². The number of ether oxygens (including phenoxy) is 1. The highest BCUT2D eigenvalue weighted by atomic mass is 19.1. The van der Waals surface area contributed by atoms with Crippen LogP contribution in [0.3, 0.4) is 0 Å². The van der Waals surface area contributed by atoms with Crippen LogP contribution in [-0.4, -0.2) is 17.6 Å². The standard InChI is InChI=1S/C12H15FN2O3/c13-9-4-10(15(16)17)6-11(5-9)18-12-3-1-2-8(12)7-14/h4-6,8,12H,1-3,7,14H2. The van der Waals surface area contributed by atoms with Crippen LogP contribution in [0.4, 0.5) is 10.1 Å². The fraction of sp³-hybridized carbons (Fsp3) is 0.500. The van der Waals surface area contributed by atoms with Crippen LogP contribution in [0.5, 0.6) is 5.75 Å². The van der Waals surface area contributed by atoms with Crippen molar-refractivity contribution in [2.24, 2.45) is 11.7 Å². The average molecular weight is 254 g/mol. The van der Waals surface area contributed by atoms with Gasteiger partial charge in [-0.25, -0.2) is 4.39 Å². The number of nitro benzene ring substituents is 1. The number of rotatable bonds is 4. The number of nitrogens with zero attached hydrogens (tertiary/aromatic N) is 1. The second-order valence-corrected chi connectivity index (χ2v) is 4.49. The molecule has 18 heavy (non-hydrogen) atoms. The molecule has 0 bridgehead atoms. The van der Waals surface area contributed by atoms with Crippen molar-refractivity contribution in [1.82, 2.24) is 0 Å². The molecule has 0 aromatic heterocycles. The molecule has 2 unspecified atom stereocenters. The Labute approximate surface area is 104 Å². The van der Waals surface area contributed by atoms with Gasteiger partial charge in [-0.3, -0.25) is 10.1 Å². The summed E-state index contributed by atoms with van der Waals surface area (Å²) in [5, 5.41) is 10.6. The first-order valence-corrected chi connectivity index (χ1v) is 5.92. The van der Waals surface area contributed by atoms with E-state index in [-0.39, 0.29) is 23.5 Å². The first-order valence-electron chi connectivity index (χ1n) is 5.92. The van der Waals surface area contributed by atoms with Crippen molar-refractivity contribution in [1.29, 1.82) is 0 Å². The smallest absolute Gasteiger partial charge is 0.276 e. The van der Waals surface area contributed by atoms with Gasteiger partial charge >= 0.3 is 0 Å². The molecule has 2 rings (SSSR count). The normalized spacial score (nSPS) is 23.0. The van der Waals surface area contributed by atoms with Crippen molar-refractivity contribution < 1.29 is 14.1 Å². The van der Waals surface area contributed by atoms with Gasteiger partial charge in [0, 0.05) is 12.0 Å². The van der Waals surface area contributed by atoms with Gasteiger partial charge in [-0.2, -0.15) is 0 Å². The molecule has 1 aromatic rings. The van der Waals surface area contributed by atoms with Crippen LogP contribution in [0.2, 0.25) is 0 Å². The number of benzene rings is 1. The zero-order valence-electron chi connectivity index (χ0n) is 9.84. The van der Waals surface area contributed by atoms with Gasteiger partial charge in [0.05, 0.1) is 17.1 Å². The maximum Gasteiger partial charge on any atom is 0.276 e. The Bertz CT molecular complexity index is 453. The van der Waals surface area contributed by atoms with Crippen molar-refractivity contribution in [2.45, 2.75) is 25.4 Å². The van der Waals surface area contributed by atoms with Gasteiger partial charge in [0.25, 0.3) is 5.69 Å². The summed E-state index contributed by atoms with van der Waals surface area (Å²) in [7, 11) is 0. The maximum absolute atomic E-state index is 13.2. The fourth-order valence-corrected chi connectivity index (χ4v) is 2.32. The summed E-state index contributed by atoms with van der Waals surface area (Å²) in [4.78, 5) is 9.99. The number of hydrogen-bond donors (Lipinski definition) is 1. The Kier molecular flexibility index (Phi) is 3.76. The van der Waals surface area contributed by atoms with Crippen LogP contribution < -0.4 is 10.5 Å².